The number of fused-ring (bicyclic) bond motifs is 3. The van der Waals surface area contributed by atoms with E-state index in [4.69, 9.17) is 14.2 Å². The molecule has 250 valence electrons. The molecule has 0 aromatic rings. The molecule has 9 atom stereocenters. The summed E-state index contributed by atoms with van der Waals surface area (Å²) in [5.41, 5.74) is 0.128. The molecule has 9 unspecified atom stereocenters. The Morgan fingerprint density at radius 1 is 0.911 bits per heavy atom. The van der Waals surface area contributed by atoms with Gasteiger partial charge < -0.3 is 29.7 Å². The minimum atomic E-state index is -1.44. The van der Waals surface area contributed by atoms with Gasteiger partial charge in [0.2, 0.25) is 5.91 Å². The van der Waals surface area contributed by atoms with Crippen molar-refractivity contribution in [2.45, 2.75) is 87.9 Å². The zero-order valence-electron chi connectivity index (χ0n) is 26.4. The van der Waals surface area contributed by atoms with E-state index in [0.717, 1.165) is 39.0 Å². The molecule has 4 aliphatic heterocycles. The zero-order valence-corrected chi connectivity index (χ0v) is 26.4. The number of alkyl halides is 1. The monoisotopic (exact) mass is 631 g/mol. The number of ketones is 1. The number of nitrogens with zero attached hydrogens (tertiary/aromatic N) is 3. The van der Waals surface area contributed by atoms with Crippen LogP contribution in [0.25, 0.3) is 0 Å². The van der Waals surface area contributed by atoms with Crippen molar-refractivity contribution in [1.29, 1.82) is 0 Å². The van der Waals surface area contributed by atoms with Crippen LogP contribution in [0.3, 0.4) is 0 Å². The highest BCUT2D eigenvalue weighted by Crippen LogP contribution is 2.50. The lowest BCUT2D eigenvalue weighted by Crippen LogP contribution is -2.73. The van der Waals surface area contributed by atoms with Gasteiger partial charge in [-0.3, -0.25) is 24.2 Å². The topological polar surface area (TPSA) is 113 Å². The van der Waals surface area contributed by atoms with E-state index in [0.29, 0.717) is 57.9 Å². The molecular formula is C33H50FN5O6. The number of carbonyl (C=O) groups excluding carboxylic acids is 3. The molecule has 6 fully saturated rings. The van der Waals surface area contributed by atoms with Crippen molar-refractivity contribution in [1.82, 2.24) is 25.3 Å². The van der Waals surface area contributed by atoms with Gasteiger partial charge in [0.25, 0.3) is 5.91 Å². The maximum absolute atomic E-state index is 16.1. The van der Waals surface area contributed by atoms with Crippen LogP contribution in [0, 0.1) is 17.8 Å². The van der Waals surface area contributed by atoms with Gasteiger partial charge in [-0.1, -0.05) is 25.7 Å². The molecule has 2 amide bonds. The highest BCUT2D eigenvalue weighted by atomic mass is 19.1. The molecule has 0 spiro atoms. The fourth-order valence-corrected chi connectivity index (χ4v) is 9.21. The zero-order chi connectivity index (χ0) is 30.9. The van der Waals surface area contributed by atoms with Crippen molar-refractivity contribution < 1.29 is 33.0 Å². The molecule has 0 aromatic carbocycles. The number of carbonyl (C=O) groups is 3. The Bertz CT molecular complexity index is 1130. The van der Waals surface area contributed by atoms with Gasteiger partial charge in [-0.2, -0.15) is 0 Å². The lowest BCUT2D eigenvalue weighted by molar-refractivity contribution is -0.208. The number of Topliss-reactive ketones (excluding diaryl/α,β-unsaturated/α-hetero) is 1. The third kappa shape index (κ3) is 6.68. The lowest BCUT2D eigenvalue weighted by Gasteiger charge is -2.60. The van der Waals surface area contributed by atoms with E-state index in [1.807, 2.05) is 0 Å². The highest BCUT2D eigenvalue weighted by Gasteiger charge is 2.60. The van der Waals surface area contributed by atoms with Gasteiger partial charge in [0.05, 0.1) is 56.2 Å². The number of hydrogen-bond acceptors (Lipinski definition) is 9. The van der Waals surface area contributed by atoms with Gasteiger partial charge in [0, 0.05) is 64.4 Å². The molecule has 0 bridgehead atoms. The molecule has 3 aliphatic carbocycles. The quantitative estimate of drug-likeness (QED) is 0.377. The molecule has 7 rings (SSSR count). The maximum Gasteiger partial charge on any atom is 0.256 e. The molecule has 7 aliphatic rings. The summed E-state index contributed by atoms with van der Waals surface area (Å²) in [4.78, 5) is 47.2. The van der Waals surface area contributed by atoms with Crippen LogP contribution in [-0.4, -0.2) is 141 Å². The first kappa shape index (κ1) is 31.5. The van der Waals surface area contributed by atoms with Gasteiger partial charge in [-0.15, -0.1) is 0 Å². The van der Waals surface area contributed by atoms with E-state index in [1.54, 1.807) is 6.20 Å². The van der Waals surface area contributed by atoms with Crippen LogP contribution >= 0.6 is 0 Å². The number of halogens is 1. The molecule has 4 heterocycles. The number of amides is 2. The highest BCUT2D eigenvalue weighted by molar-refractivity contribution is 6.20. The van der Waals surface area contributed by atoms with Crippen LogP contribution in [0.5, 0.6) is 0 Å². The van der Waals surface area contributed by atoms with Crippen molar-refractivity contribution in [3.63, 3.8) is 0 Å². The molecular weight excluding hydrogens is 581 g/mol. The molecule has 3 saturated heterocycles. The summed E-state index contributed by atoms with van der Waals surface area (Å²) in [5, 5.41) is 5.98. The number of ether oxygens (including phenoxy) is 3. The average molecular weight is 632 g/mol. The van der Waals surface area contributed by atoms with Gasteiger partial charge >= 0.3 is 0 Å². The summed E-state index contributed by atoms with van der Waals surface area (Å²) < 4.78 is 33.8. The van der Waals surface area contributed by atoms with Crippen LogP contribution < -0.4 is 10.6 Å². The summed E-state index contributed by atoms with van der Waals surface area (Å²) in [6, 6.07) is -1.20. The number of nitrogens with one attached hydrogen (secondary N) is 2. The molecule has 12 heteroatoms. The fourth-order valence-electron chi connectivity index (χ4n) is 9.21. The predicted molar refractivity (Wildman–Crippen MR) is 163 cm³/mol. The first-order chi connectivity index (χ1) is 22.0. The van der Waals surface area contributed by atoms with Gasteiger partial charge in [-0.25, -0.2) is 4.39 Å². The van der Waals surface area contributed by atoms with Crippen molar-refractivity contribution in [3.8, 4) is 0 Å². The Morgan fingerprint density at radius 2 is 1.58 bits per heavy atom. The van der Waals surface area contributed by atoms with Crippen molar-refractivity contribution in [2.75, 3.05) is 72.2 Å². The van der Waals surface area contributed by atoms with E-state index in [1.165, 1.54) is 25.7 Å². The Balaban J connectivity index is 1.10. The summed E-state index contributed by atoms with van der Waals surface area (Å²) in [6.07, 6.45) is 6.51. The van der Waals surface area contributed by atoms with Gasteiger partial charge in [0.15, 0.2) is 5.78 Å². The SMILES string of the molecule is O=C(CCN1CCOCC1)NC1C(F)CC2C(=O)C(C(=O)NCCN3CCOCC3)=CN3C4CC5CCCCC5CC4OC1C23. The smallest absolute Gasteiger partial charge is 0.256 e. The van der Waals surface area contributed by atoms with E-state index in [2.05, 4.69) is 25.3 Å². The Hall–Kier alpha value is -2.12. The van der Waals surface area contributed by atoms with E-state index in [-0.39, 0.29) is 48.2 Å². The standard InChI is InChI=1S/C33H50FN5O6/c34-25-19-23-30-32(29(25)36-28(40)5-7-37-9-13-43-14-10-37)45-27-18-22-4-2-1-3-21(22)17-26(27)39(30)20-24(31(23)41)33(42)35-6-8-38-11-15-44-16-12-38/h20-23,25-27,29-30,32H,1-19H2,(H,35,42)(H,36,40). The van der Waals surface area contributed by atoms with Crippen molar-refractivity contribution in [3.05, 3.63) is 11.8 Å². The predicted octanol–water partition coefficient (Wildman–Crippen LogP) is 0.873. The number of hydrogen-bond donors (Lipinski definition) is 2. The second-order valence-electron chi connectivity index (χ2n) is 14.2. The second kappa shape index (κ2) is 13.9. The molecule has 3 saturated carbocycles. The molecule has 0 radical (unpaired) electrons. The number of rotatable bonds is 8. The van der Waals surface area contributed by atoms with Crippen molar-refractivity contribution >= 4 is 17.6 Å². The maximum atomic E-state index is 16.1. The molecule has 45 heavy (non-hydrogen) atoms. The Labute approximate surface area is 265 Å². The van der Waals surface area contributed by atoms with Crippen LogP contribution in [-0.2, 0) is 28.6 Å². The second-order valence-corrected chi connectivity index (χ2v) is 14.2. The molecule has 0 aromatic heterocycles. The summed E-state index contributed by atoms with van der Waals surface area (Å²) in [5.74, 6) is -0.397. The normalized spacial score (nSPS) is 38.8. The first-order valence-electron chi connectivity index (χ1n) is 17.5. The fraction of sp³-hybridized carbons (Fsp3) is 0.848. The van der Waals surface area contributed by atoms with Crippen LogP contribution in [0.2, 0.25) is 0 Å². The number of morpholine rings is 3. The van der Waals surface area contributed by atoms with E-state index < -0.39 is 30.3 Å². The summed E-state index contributed by atoms with van der Waals surface area (Å²) >= 11 is 0. The average Bonchev–Trinajstić information content (AvgIpc) is 3.06. The van der Waals surface area contributed by atoms with Crippen LogP contribution in [0.1, 0.15) is 51.4 Å². The van der Waals surface area contributed by atoms with Gasteiger partial charge in [-0.05, 0) is 31.1 Å². The Kier molecular flexibility index (Phi) is 9.74. The molecule has 11 nitrogen and oxygen atoms in total. The lowest BCUT2D eigenvalue weighted by atomic mass is 9.65. The van der Waals surface area contributed by atoms with Crippen LogP contribution in [0.4, 0.5) is 4.39 Å². The first-order valence-corrected chi connectivity index (χ1v) is 17.5. The van der Waals surface area contributed by atoms with E-state index >= 15 is 4.39 Å². The van der Waals surface area contributed by atoms with E-state index in [9.17, 15) is 14.4 Å². The Morgan fingerprint density at radius 3 is 2.29 bits per heavy atom. The third-order valence-electron chi connectivity index (χ3n) is 11.6. The largest absolute Gasteiger partial charge is 0.379 e. The molecule has 2 N–H and O–H groups in total. The third-order valence-corrected chi connectivity index (χ3v) is 11.6. The minimum absolute atomic E-state index is 0.0316. The minimum Gasteiger partial charge on any atom is -0.379 e. The summed E-state index contributed by atoms with van der Waals surface area (Å²) in [7, 11) is 0. The van der Waals surface area contributed by atoms with Crippen molar-refractivity contribution in [2.24, 2.45) is 17.8 Å². The summed E-state index contributed by atoms with van der Waals surface area (Å²) in [6.45, 7) is 7.63. The van der Waals surface area contributed by atoms with Gasteiger partial charge in [0.1, 0.15) is 12.3 Å². The van der Waals surface area contributed by atoms with Crippen LogP contribution in [0.15, 0.2) is 11.8 Å².